The molecule has 1 heterocycles. The number of sulfonamides is 1. The molecular formula is C15H27N3O4S2. The van der Waals surface area contributed by atoms with Crippen LogP contribution in [-0.2, 0) is 25.1 Å². The van der Waals surface area contributed by atoms with Gasteiger partial charge in [-0.15, -0.1) is 11.3 Å². The normalized spacial score (nSPS) is 13.3. The molecule has 9 heteroatoms. The van der Waals surface area contributed by atoms with Crippen molar-refractivity contribution in [2.75, 3.05) is 18.5 Å². The average molecular weight is 378 g/mol. The van der Waals surface area contributed by atoms with Gasteiger partial charge < -0.3 is 5.32 Å². The molecule has 1 N–H and O–H groups in total. The van der Waals surface area contributed by atoms with E-state index in [1.54, 1.807) is 13.8 Å². The van der Waals surface area contributed by atoms with Gasteiger partial charge in [0.1, 0.15) is 0 Å². The molecule has 0 aliphatic carbocycles. The highest BCUT2D eigenvalue weighted by Gasteiger charge is 2.46. The third-order valence-electron chi connectivity index (χ3n) is 3.48. The minimum Gasteiger partial charge on any atom is -0.301 e. The molecule has 1 amide bonds. The van der Waals surface area contributed by atoms with E-state index in [9.17, 15) is 13.2 Å². The summed E-state index contributed by atoms with van der Waals surface area (Å²) < 4.78 is 24.6. The number of thiazole rings is 1. The monoisotopic (exact) mass is 377 g/mol. The lowest BCUT2D eigenvalue weighted by molar-refractivity contribution is -0.119. The summed E-state index contributed by atoms with van der Waals surface area (Å²) in [6.45, 7) is 12.4. The Morgan fingerprint density at radius 1 is 1.29 bits per heavy atom. The minimum atomic E-state index is -3.98. The lowest BCUT2D eigenvalue weighted by Gasteiger charge is -2.29. The maximum atomic E-state index is 12.7. The van der Waals surface area contributed by atoms with Crippen molar-refractivity contribution in [2.24, 2.45) is 0 Å². The predicted molar refractivity (Wildman–Crippen MR) is 96.4 cm³/mol. The summed E-state index contributed by atoms with van der Waals surface area (Å²) in [7, 11) is -3.98. The van der Waals surface area contributed by atoms with Crippen molar-refractivity contribution >= 4 is 32.4 Å². The zero-order chi connectivity index (χ0) is 18.8. The molecule has 1 rings (SSSR count). The molecule has 0 unspecified atom stereocenters. The topological polar surface area (TPSA) is 88.6 Å². The minimum absolute atomic E-state index is 0.123. The second kappa shape index (κ2) is 7.47. The molecule has 1 aromatic heterocycles. The lowest BCUT2D eigenvalue weighted by Crippen LogP contribution is -2.51. The first-order valence-electron chi connectivity index (χ1n) is 7.80. The van der Waals surface area contributed by atoms with E-state index in [1.165, 1.54) is 25.2 Å². The predicted octanol–water partition coefficient (Wildman–Crippen LogP) is 2.76. The fourth-order valence-electron chi connectivity index (χ4n) is 1.77. The third kappa shape index (κ3) is 4.33. The van der Waals surface area contributed by atoms with Crippen molar-refractivity contribution in [1.82, 2.24) is 9.45 Å². The van der Waals surface area contributed by atoms with Crippen molar-refractivity contribution in [3.05, 3.63) is 11.1 Å². The largest absolute Gasteiger partial charge is 0.301 e. The number of hydroxylamine groups is 1. The number of anilines is 1. The molecule has 0 aromatic carbocycles. The van der Waals surface area contributed by atoms with Crippen LogP contribution in [0.1, 0.15) is 54.2 Å². The third-order valence-corrected chi connectivity index (χ3v) is 6.62. The molecule has 1 aromatic rings. The molecule has 0 atom stereocenters. The van der Waals surface area contributed by atoms with Crippen LogP contribution in [0.4, 0.5) is 5.13 Å². The average Bonchev–Trinajstić information content (AvgIpc) is 2.92. The summed E-state index contributed by atoms with van der Waals surface area (Å²) in [5, 5.41) is 4.85. The van der Waals surface area contributed by atoms with Gasteiger partial charge in [-0.1, -0.05) is 25.2 Å². The van der Waals surface area contributed by atoms with E-state index in [2.05, 4.69) is 10.3 Å². The van der Waals surface area contributed by atoms with Gasteiger partial charge in [0, 0.05) is 17.3 Å². The standard InChI is InChI=1S/C15H27N3O4S2/c1-8-18(22-9-2)24(20,21)15(6,7)12(19)17-13-16-11(10-23-13)14(3,4)5/h10H,8-9H2,1-7H3,(H,16,17,19). The van der Waals surface area contributed by atoms with Gasteiger partial charge in [0.15, 0.2) is 9.88 Å². The smallest absolute Gasteiger partial charge is 0.250 e. The summed E-state index contributed by atoms with van der Waals surface area (Å²) in [5.74, 6) is -0.643. The van der Waals surface area contributed by atoms with Gasteiger partial charge in [-0.3, -0.25) is 9.63 Å². The van der Waals surface area contributed by atoms with Crippen molar-refractivity contribution in [3.8, 4) is 0 Å². The van der Waals surface area contributed by atoms with E-state index in [0.29, 0.717) is 5.13 Å². The Morgan fingerprint density at radius 2 is 1.88 bits per heavy atom. The lowest BCUT2D eigenvalue weighted by atomic mass is 9.93. The Labute approximate surface area is 148 Å². The molecule has 0 aliphatic heterocycles. The summed E-state index contributed by atoms with van der Waals surface area (Å²) in [6.07, 6.45) is 0. The van der Waals surface area contributed by atoms with Gasteiger partial charge in [0.25, 0.3) is 0 Å². The van der Waals surface area contributed by atoms with Crippen LogP contribution in [0.5, 0.6) is 0 Å². The SMILES string of the molecule is CCON(CC)S(=O)(=O)C(C)(C)C(=O)Nc1nc(C(C)(C)C)cs1. The van der Waals surface area contributed by atoms with Gasteiger partial charge in [0.05, 0.1) is 12.3 Å². The number of amides is 1. The fourth-order valence-corrected chi connectivity index (χ4v) is 4.08. The van der Waals surface area contributed by atoms with E-state index < -0.39 is 20.7 Å². The number of hydrogen-bond donors (Lipinski definition) is 1. The van der Waals surface area contributed by atoms with Crippen LogP contribution in [0.3, 0.4) is 0 Å². The van der Waals surface area contributed by atoms with Gasteiger partial charge in [0.2, 0.25) is 15.9 Å². The maximum absolute atomic E-state index is 12.7. The van der Waals surface area contributed by atoms with Crippen molar-refractivity contribution in [3.63, 3.8) is 0 Å². The molecule has 0 saturated carbocycles. The molecule has 0 radical (unpaired) electrons. The molecule has 138 valence electrons. The van der Waals surface area contributed by atoms with Crippen molar-refractivity contribution in [2.45, 2.75) is 58.6 Å². The summed E-state index contributed by atoms with van der Waals surface area (Å²) in [4.78, 5) is 22.1. The van der Waals surface area contributed by atoms with Crippen LogP contribution in [0.15, 0.2) is 5.38 Å². The molecule has 0 saturated heterocycles. The molecule has 0 aliphatic rings. The summed E-state index contributed by atoms with van der Waals surface area (Å²) in [5.41, 5.74) is 0.697. The molecule has 0 bridgehead atoms. The number of carbonyl (C=O) groups excluding carboxylic acids is 1. The van der Waals surface area contributed by atoms with Gasteiger partial charge in [-0.05, 0) is 27.7 Å². The first-order valence-corrected chi connectivity index (χ1v) is 10.1. The molecule has 0 spiro atoms. The van der Waals surface area contributed by atoms with E-state index in [-0.39, 0.29) is 18.6 Å². The Kier molecular flexibility index (Phi) is 6.54. The van der Waals surface area contributed by atoms with Crippen LogP contribution in [0.25, 0.3) is 0 Å². The highest BCUT2D eigenvalue weighted by molar-refractivity contribution is 7.91. The highest BCUT2D eigenvalue weighted by Crippen LogP contribution is 2.28. The van der Waals surface area contributed by atoms with E-state index in [1.807, 2.05) is 26.2 Å². The number of nitrogens with one attached hydrogen (secondary N) is 1. The summed E-state index contributed by atoms with van der Waals surface area (Å²) >= 11 is 1.27. The number of rotatable bonds is 7. The van der Waals surface area contributed by atoms with Crippen LogP contribution in [0.2, 0.25) is 0 Å². The first kappa shape index (κ1) is 21.0. The van der Waals surface area contributed by atoms with Crippen LogP contribution >= 0.6 is 11.3 Å². The van der Waals surface area contributed by atoms with E-state index >= 15 is 0 Å². The van der Waals surface area contributed by atoms with Crippen LogP contribution < -0.4 is 5.32 Å². The number of nitrogens with zero attached hydrogens (tertiary/aromatic N) is 2. The first-order chi connectivity index (χ1) is 10.9. The molecule has 7 nitrogen and oxygen atoms in total. The second-order valence-corrected chi connectivity index (χ2v) is 10.0. The van der Waals surface area contributed by atoms with Crippen LogP contribution in [0, 0.1) is 0 Å². The molecule has 0 fully saturated rings. The summed E-state index contributed by atoms with van der Waals surface area (Å²) in [6, 6.07) is 0. The second-order valence-electron chi connectivity index (χ2n) is 6.79. The highest BCUT2D eigenvalue weighted by atomic mass is 32.2. The Bertz CT molecular complexity index is 675. The van der Waals surface area contributed by atoms with Gasteiger partial charge in [-0.2, -0.15) is 0 Å². The van der Waals surface area contributed by atoms with Crippen molar-refractivity contribution in [1.29, 1.82) is 0 Å². The zero-order valence-electron chi connectivity index (χ0n) is 15.3. The van der Waals surface area contributed by atoms with Crippen molar-refractivity contribution < 1.29 is 18.0 Å². The molecular weight excluding hydrogens is 350 g/mol. The molecule has 24 heavy (non-hydrogen) atoms. The Hall–Kier alpha value is -1.03. The van der Waals surface area contributed by atoms with Crippen LogP contribution in [-0.4, -0.2) is 41.7 Å². The van der Waals surface area contributed by atoms with Gasteiger partial charge >= 0.3 is 0 Å². The maximum Gasteiger partial charge on any atom is 0.250 e. The van der Waals surface area contributed by atoms with Gasteiger partial charge in [-0.25, -0.2) is 13.4 Å². The zero-order valence-corrected chi connectivity index (χ0v) is 17.0. The van der Waals surface area contributed by atoms with E-state index in [0.717, 1.165) is 10.2 Å². The fraction of sp³-hybridized carbons (Fsp3) is 0.733. The number of hydrogen-bond acceptors (Lipinski definition) is 6. The number of carbonyl (C=O) groups is 1. The Morgan fingerprint density at radius 3 is 2.29 bits per heavy atom. The quantitative estimate of drug-likeness (QED) is 0.738. The Balaban J connectivity index is 3.02. The van der Waals surface area contributed by atoms with E-state index in [4.69, 9.17) is 4.84 Å². The number of aromatic nitrogens is 1.